The SMILES string of the molecule is COc1cc(CC(C)(C)CN)ccn1. The zero-order valence-corrected chi connectivity index (χ0v) is 9.08. The van der Waals surface area contributed by atoms with Gasteiger partial charge in [-0.2, -0.15) is 0 Å². The second-order valence-electron chi connectivity index (χ2n) is 4.25. The largest absolute Gasteiger partial charge is 0.481 e. The van der Waals surface area contributed by atoms with Crippen LogP contribution in [0.5, 0.6) is 5.88 Å². The fourth-order valence-corrected chi connectivity index (χ4v) is 1.30. The second-order valence-corrected chi connectivity index (χ2v) is 4.25. The van der Waals surface area contributed by atoms with E-state index in [9.17, 15) is 0 Å². The van der Waals surface area contributed by atoms with E-state index in [0.717, 1.165) is 6.42 Å². The highest BCUT2D eigenvalue weighted by atomic mass is 16.5. The molecule has 0 bridgehead atoms. The first-order chi connectivity index (χ1) is 6.57. The molecule has 1 aromatic heterocycles. The molecule has 0 amide bonds. The number of nitrogens with two attached hydrogens (primary N) is 1. The molecule has 0 aliphatic rings. The normalized spacial score (nSPS) is 11.4. The van der Waals surface area contributed by atoms with Crippen molar-refractivity contribution in [2.75, 3.05) is 13.7 Å². The van der Waals surface area contributed by atoms with E-state index < -0.39 is 0 Å². The molecule has 0 spiro atoms. The Kier molecular flexibility index (Phi) is 3.47. The van der Waals surface area contributed by atoms with Gasteiger partial charge in [0.1, 0.15) is 0 Å². The van der Waals surface area contributed by atoms with Crippen molar-refractivity contribution in [1.29, 1.82) is 0 Å². The predicted octanol–water partition coefficient (Wildman–Crippen LogP) is 1.62. The van der Waals surface area contributed by atoms with Gasteiger partial charge in [-0.1, -0.05) is 13.8 Å². The molecule has 0 aliphatic carbocycles. The van der Waals surface area contributed by atoms with E-state index in [4.69, 9.17) is 10.5 Å². The van der Waals surface area contributed by atoms with Gasteiger partial charge in [-0.25, -0.2) is 4.98 Å². The molecule has 78 valence electrons. The molecule has 0 atom stereocenters. The van der Waals surface area contributed by atoms with Gasteiger partial charge in [0.15, 0.2) is 0 Å². The molecule has 0 saturated heterocycles. The highest BCUT2D eigenvalue weighted by Crippen LogP contribution is 2.21. The maximum Gasteiger partial charge on any atom is 0.213 e. The lowest BCUT2D eigenvalue weighted by atomic mass is 9.86. The van der Waals surface area contributed by atoms with E-state index in [1.165, 1.54) is 5.56 Å². The van der Waals surface area contributed by atoms with Crippen LogP contribution in [0.25, 0.3) is 0 Å². The molecule has 1 heterocycles. The fourth-order valence-electron chi connectivity index (χ4n) is 1.30. The molecule has 3 nitrogen and oxygen atoms in total. The second kappa shape index (κ2) is 4.42. The number of ether oxygens (including phenoxy) is 1. The molecule has 14 heavy (non-hydrogen) atoms. The van der Waals surface area contributed by atoms with Crippen LogP contribution in [0, 0.1) is 5.41 Å². The third-order valence-electron chi connectivity index (χ3n) is 2.24. The van der Waals surface area contributed by atoms with Gasteiger partial charge in [0.25, 0.3) is 0 Å². The molecule has 1 aromatic rings. The van der Waals surface area contributed by atoms with E-state index >= 15 is 0 Å². The number of rotatable bonds is 4. The van der Waals surface area contributed by atoms with Crippen LogP contribution in [0.1, 0.15) is 19.4 Å². The first kappa shape index (κ1) is 11.0. The summed E-state index contributed by atoms with van der Waals surface area (Å²) in [6.07, 6.45) is 2.71. The van der Waals surface area contributed by atoms with E-state index in [1.54, 1.807) is 13.3 Å². The molecular weight excluding hydrogens is 176 g/mol. The van der Waals surface area contributed by atoms with Gasteiger partial charge in [0, 0.05) is 12.3 Å². The average molecular weight is 194 g/mol. The highest BCUT2D eigenvalue weighted by Gasteiger charge is 2.16. The molecule has 0 unspecified atom stereocenters. The Morgan fingerprint density at radius 3 is 2.79 bits per heavy atom. The van der Waals surface area contributed by atoms with E-state index in [0.29, 0.717) is 12.4 Å². The van der Waals surface area contributed by atoms with Crippen molar-refractivity contribution in [3.8, 4) is 5.88 Å². The minimum atomic E-state index is 0.131. The van der Waals surface area contributed by atoms with E-state index in [2.05, 4.69) is 18.8 Å². The summed E-state index contributed by atoms with van der Waals surface area (Å²) in [6, 6.07) is 3.96. The van der Waals surface area contributed by atoms with Crippen molar-refractivity contribution < 1.29 is 4.74 Å². The zero-order chi connectivity index (χ0) is 10.6. The van der Waals surface area contributed by atoms with Gasteiger partial charge in [-0.3, -0.25) is 0 Å². The monoisotopic (exact) mass is 194 g/mol. The van der Waals surface area contributed by atoms with Gasteiger partial charge in [-0.15, -0.1) is 0 Å². The summed E-state index contributed by atoms with van der Waals surface area (Å²) in [5.74, 6) is 0.662. The molecule has 0 fully saturated rings. The summed E-state index contributed by atoms with van der Waals surface area (Å²) in [4.78, 5) is 4.06. The number of nitrogens with zero attached hydrogens (tertiary/aromatic N) is 1. The summed E-state index contributed by atoms with van der Waals surface area (Å²) in [6.45, 7) is 4.98. The first-order valence-corrected chi connectivity index (χ1v) is 4.76. The van der Waals surface area contributed by atoms with Gasteiger partial charge >= 0.3 is 0 Å². The van der Waals surface area contributed by atoms with Crippen molar-refractivity contribution in [2.24, 2.45) is 11.1 Å². The van der Waals surface area contributed by atoms with Crippen LogP contribution in [0.15, 0.2) is 18.3 Å². The van der Waals surface area contributed by atoms with Gasteiger partial charge in [0.2, 0.25) is 5.88 Å². The summed E-state index contributed by atoms with van der Waals surface area (Å²) in [5, 5.41) is 0. The van der Waals surface area contributed by atoms with Crippen LogP contribution in [0.2, 0.25) is 0 Å². The average Bonchev–Trinajstić information content (AvgIpc) is 2.17. The standard InChI is InChI=1S/C11H18N2O/c1-11(2,8-12)7-9-4-5-13-10(6-9)14-3/h4-6H,7-8,12H2,1-3H3. The van der Waals surface area contributed by atoms with Crippen molar-refractivity contribution in [3.63, 3.8) is 0 Å². The van der Waals surface area contributed by atoms with Gasteiger partial charge in [-0.05, 0) is 30.0 Å². The number of methoxy groups -OCH3 is 1. The number of hydrogen-bond donors (Lipinski definition) is 1. The lowest BCUT2D eigenvalue weighted by molar-refractivity contribution is 0.372. The molecule has 0 radical (unpaired) electrons. The smallest absolute Gasteiger partial charge is 0.213 e. The maximum absolute atomic E-state index is 5.68. The molecular formula is C11H18N2O. The Morgan fingerprint density at radius 2 is 2.21 bits per heavy atom. The Hall–Kier alpha value is -1.09. The van der Waals surface area contributed by atoms with Crippen LogP contribution in [-0.4, -0.2) is 18.6 Å². The summed E-state index contributed by atoms with van der Waals surface area (Å²) >= 11 is 0. The van der Waals surface area contributed by atoms with E-state index in [-0.39, 0.29) is 5.41 Å². The van der Waals surface area contributed by atoms with Gasteiger partial charge < -0.3 is 10.5 Å². The lowest BCUT2D eigenvalue weighted by Crippen LogP contribution is -2.25. The maximum atomic E-state index is 5.68. The molecule has 0 saturated carbocycles. The molecule has 0 aromatic carbocycles. The van der Waals surface area contributed by atoms with Crippen LogP contribution in [0.3, 0.4) is 0 Å². The Bertz CT molecular complexity index is 297. The predicted molar refractivity (Wildman–Crippen MR) is 57.3 cm³/mol. The summed E-state index contributed by atoms with van der Waals surface area (Å²) in [5.41, 5.74) is 7.02. The summed E-state index contributed by atoms with van der Waals surface area (Å²) in [7, 11) is 1.63. The minimum Gasteiger partial charge on any atom is -0.481 e. The van der Waals surface area contributed by atoms with Crippen LogP contribution >= 0.6 is 0 Å². The molecule has 2 N–H and O–H groups in total. The third kappa shape index (κ3) is 3.00. The zero-order valence-electron chi connectivity index (χ0n) is 9.08. The van der Waals surface area contributed by atoms with Crippen LogP contribution in [-0.2, 0) is 6.42 Å². The Balaban J connectivity index is 2.76. The summed E-state index contributed by atoms with van der Waals surface area (Å²) < 4.78 is 5.06. The van der Waals surface area contributed by atoms with Crippen molar-refractivity contribution in [2.45, 2.75) is 20.3 Å². The Labute approximate surface area is 85.3 Å². The van der Waals surface area contributed by atoms with Crippen molar-refractivity contribution in [1.82, 2.24) is 4.98 Å². The first-order valence-electron chi connectivity index (χ1n) is 4.76. The van der Waals surface area contributed by atoms with E-state index in [1.807, 2.05) is 12.1 Å². The quantitative estimate of drug-likeness (QED) is 0.792. The lowest BCUT2D eigenvalue weighted by Gasteiger charge is -2.22. The van der Waals surface area contributed by atoms with Crippen LogP contribution < -0.4 is 10.5 Å². The fraction of sp³-hybridized carbons (Fsp3) is 0.545. The Morgan fingerprint density at radius 1 is 1.50 bits per heavy atom. The van der Waals surface area contributed by atoms with Crippen molar-refractivity contribution >= 4 is 0 Å². The van der Waals surface area contributed by atoms with Crippen molar-refractivity contribution in [3.05, 3.63) is 23.9 Å². The number of pyridine rings is 1. The van der Waals surface area contributed by atoms with Crippen LogP contribution in [0.4, 0.5) is 0 Å². The van der Waals surface area contributed by atoms with Gasteiger partial charge in [0.05, 0.1) is 7.11 Å². The molecule has 0 aliphatic heterocycles. The third-order valence-corrected chi connectivity index (χ3v) is 2.24. The number of hydrogen-bond acceptors (Lipinski definition) is 3. The highest BCUT2D eigenvalue weighted by molar-refractivity contribution is 5.21. The number of aromatic nitrogens is 1. The minimum absolute atomic E-state index is 0.131. The molecule has 1 rings (SSSR count). The topological polar surface area (TPSA) is 48.1 Å². The molecule has 3 heteroatoms.